The normalized spacial score (nSPS) is 24.1. The van der Waals surface area contributed by atoms with Crippen LogP contribution in [0.3, 0.4) is 0 Å². The molecule has 0 bridgehead atoms. The first-order chi connectivity index (χ1) is 8.79. The van der Waals surface area contributed by atoms with Gasteiger partial charge in [0.05, 0.1) is 0 Å². The van der Waals surface area contributed by atoms with Gasteiger partial charge in [-0.25, -0.2) is 0 Å². The predicted octanol–water partition coefficient (Wildman–Crippen LogP) is 1.25. The highest BCUT2D eigenvalue weighted by atomic mass is 16.1. The number of piperidine rings is 1. The lowest BCUT2D eigenvalue weighted by molar-refractivity contribution is -0.121. The molecule has 0 aromatic rings. The Kier molecular flexibility index (Phi) is 5.45. The van der Waals surface area contributed by atoms with E-state index in [9.17, 15) is 4.79 Å². The fourth-order valence-electron chi connectivity index (χ4n) is 3.29. The zero-order chi connectivity index (χ0) is 12.8. The maximum atomic E-state index is 11.5. The molecule has 0 spiro atoms. The van der Waals surface area contributed by atoms with E-state index in [0.717, 1.165) is 32.0 Å². The van der Waals surface area contributed by atoms with E-state index in [1.165, 1.54) is 32.1 Å². The lowest BCUT2D eigenvalue weighted by Crippen LogP contribution is -2.48. The van der Waals surface area contributed by atoms with Crippen LogP contribution in [0.4, 0.5) is 0 Å². The number of nitrogens with one attached hydrogen (secondary N) is 1. The largest absolute Gasteiger partial charge is 0.353 e. The summed E-state index contributed by atoms with van der Waals surface area (Å²) < 4.78 is 0. The summed E-state index contributed by atoms with van der Waals surface area (Å²) in [4.78, 5) is 14.1. The van der Waals surface area contributed by atoms with Crippen LogP contribution < -0.4 is 11.1 Å². The molecule has 1 heterocycles. The van der Waals surface area contributed by atoms with Crippen molar-refractivity contribution in [3.05, 3.63) is 0 Å². The maximum absolute atomic E-state index is 11.5. The average molecular weight is 253 g/mol. The molecule has 18 heavy (non-hydrogen) atoms. The minimum atomic E-state index is 0.119. The van der Waals surface area contributed by atoms with Crippen molar-refractivity contribution in [3.8, 4) is 0 Å². The number of amides is 1. The quantitative estimate of drug-likeness (QED) is 0.793. The Morgan fingerprint density at radius 3 is 2.39 bits per heavy atom. The standard InChI is InChI=1S/C14H27N3O/c15-9-6-14(18)16-12-7-10-17(11-8-12)13-4-2-1-3-5-13/h12-13H,1-11,15H2,(H,16,18). The molecule has 2 rings (SSSR count). The number of likely N-dealkylation sites (tertiary alicyclic amines) is 1. The Balaban J connectivity index is 1.69. The molecule has 0 atom stereocenters. The maximum Gasteiger partial charge on any atom is 0.221 e. The summed E-state index contributed by atoms with van der Waals surface area (Å²) in [5.41, 5.74) is 5.39. The highest BCUT2D eigenvalue weighted by Gasteiger charge is 2.26. The van der Waals surface area contributed by atoms with Crippen LogP contribution >= 0.6 is 0 Å². The van der Waals surface area contributed by atoms with Crippen molar-refractivity contribution in [2.45, 2.75) is 63.5 Å². The van der Waals surface area contributed by atoms with Crippen molar-refractivity contribution in [3.63, 3.8) is 0 Å². The van der Waals surface area contributed by atoms with E-state index < -0.39 is 0 Å². The van der Waals surface area contributed by atoms with Gasteiger partial charge in [-0.2, -0.15) is 0 Å². The fourth-order valence-corrected chi connectivity index (χ4v) is 3.29. The van der Waals surface area contributed by atoms with Crippen LogP contribution in [0.5, 0.6) is 0 Å². The molecular weight excluding hydrogens is 226 g/mol. The summed E-state index contributed by atoms with van der Waals surface area (Å²) in [5.74, 6) is 0.119. The first-order valence-electron chi connectivity index (χ1n) is 7.53. The Bertz CT molecular complexity index is 256. The molecule has 2 fully saturated rings. The minimum Gasteiger partial charge on any atom is -0.353 e. The Morgan fingerprint density at radius 1 is 1.11 bits per heavy atom. The van der Waals surface area contributed by atoms with Crippen LogP contribution in [-0.2, 0) is 4.79 Å². The molecule has 4 nitrogen and oxygen atoms in total. The lowest BCUT2D eigenvalue weighted by atomic mass is 9.92. The number of carbonyl (C=O) groups excluding carboxylic acids is 1. The Labute approximate surface area is 110 Å². The van der Waals surface area contributed by atoms with Crippen molar-refractivity contribution in [2.24, 2.45) is 5.73 Å². The second kappa shape index (κ2) is 7.10. The molecule has 0 radical (unpaired) electrons. The average Bonchev–Trinajstić information content (AvgIpc) is 2.41. The molecule has 1 amide bonds. The summed E-state index contributed by atoms with van der Waals surface area (Å²) in [5, 5.41) is 3.10. The Morgan fingerprint density at radius 2 is 1.78 bits per heavy atom. The van der Waals surface area contributed by atoms with E-state index in [4.69, 9.17) is 5.73 Å². The molecule has 2 aliphatic rings. The molecule has 104 valence electrons. The molecule has 1 saturated carbocycles. The number of hydrogen-bond acceptors (Lipinski definition) is 3. The van der Waals surface area contributed by atoms with Crippen LogP contribution in [0.15, 0.2) is 0 Å². The summed E-state index contributed by atoms with van der Waals surface area (Å²) in [6.07, 6.45) is 9.65. The molecule has 1 aliphatic carbocycles. The molecule has 1 saturated heterocycles. The third-order valence-electron chi connectivity index (χ3n) is 4.36. The van der Waals surface area contributed by atoms with Gasteiger partial charge in [-0.05, 0) is 25.7 Å². The SMILES string of the molecule is NCCC(=O)NC1CCN(C2CCCCC2)CC1. The van der Waals surface area contributed by atoms with Gasteiger partial charge in [-0.3, -0.25) is 4.79 Å². The van der Waals surface area contributed by atoms with Gasteiger partial charge in [0.1, 0.15) is 0 Å². The smallest absolute Gasteiger partial charge is 0.221 e. The first-order valence-corrected chi connectivity index (χ1v) is 7.53. The van der Waals surface area contributed by atoms with E-state index in [1.807, 2.05) is 0 Å². The van der Waals surface area contributed by atoms with Crippen molar-refractivity contribution in [1.29, 1.82) is 0 Å². The predicted molar refractivity (Wildman–Crippen MR) is 73.3 cm³/mol. The number of nitrogens with zero attached hydrogens (tertiary/aromatic N) is 1. The Hall–Kier alpha value is -0.610. The van der Waals surface area contributed by atoms with E-state index in [2.05, 4.69) is 10.2 Å². The number of nitrogens with two attached hydrogens (primary N) is 1. The second-order valence-electron chi connectivity index (χ2n) is 5.71. The van der Waals surface area contributed by atoms with Crippen molar-refractivity contribution in [1.82, 2.24) is 10.2 Å². The fraction of sp³-hybridized carbons (Fsp3) is 0.929. The summed E-state index contributed by atoms with van der Waals surface area (Å²) in [6, 6.07) is 1.20. The van der Waals surface area contributed by atoms with Gasteiger partial charge in [0, 0.05) is 38.1 Å². The van der Waals surface area contributed by atoms with Gasteiger partial charge in [-0.1, -0.05) is 19.3 Å². The van der Waals surface area contributed by atoms with Gasteiger partial charge in [-0.15, -0.1) is 0 Å². The second-order valence-corrected chi connectivity index (χ2v) is 5.71. The van der Waals surface area contributed by atoms with Crippen LogP contribution in [0, 0.1) is 0 Å². The van der Waals surface area contributed by atoms with Crippen LogP contribution in [0.1, 0.15) is 51.4 Å². The zero-order valence-electron chi connectivity index (χ0n) is 11.4. The van der Waals surface area contributed by atoms with Crippen LogP contribution in [-0.4, -0.2) is 42.5 Å². The van der Waals surface area contributed by atoms with Crippen LogP contribution in [0.2, 0.25) is 0 Å². The van der Waals surface area contributed by atoms with Crippen molar-refractivity contribution < 1.29 is 4.79 Å². The third kappa shape index (κ3) is 3.95. The molecule has 3 N–H and O–H groups in total. The highest BCUT2D eigenvalue weighted by molar-refractivity contribution is 5.76. The highest BCUT2D eigenvalue weighted by Crippen LogP contribution is 2.25. The summed E-state index contributed by atoms with van der Waals surface area (Å²) in [6.45, 7) is 2.75. The number of carbonyl (C=O) groups is 1. The zero-order valence-corrected chi connectivity index (χ0v) is 11.4. The monoisotopic (exact) mass is 253 g/mol. The van der Waals surface area contributed by atoms with Crippen molar-refractivity contribution >= 4 is 5.91 Å². The summed E-state index contributed by atoms with van der Waals surface area (Å²) in [7, 11) is 0. The van der Waals surface area contributed by atoms with E-state index in [1.54, 1.807) is 0 Å². The lowest BCUT2D eigenvalue weighted by Gasteiger charge is -2.39. The van der Waals surface area contributed by atoms with Gasteiger partial charge in [0.15, 0.2) is 0 Å². The van der Waals surface area contributed by atoms with Crippen molar-refractivity contribution in [2.75, 3.05) is 19.6 Å². The van der Waals surface area contributed by atoms with Gasteiger partial charge >= 0.3 is 0 Å². The number of hydrogen-bond donors (Lipinski definition) is 2. The van der Waals surface area contributed by atoms with Gasteiger partial charge in [0.2, 0.25) is 5.91 Å². The van der Waals surface area contributed by atoms with E-state index in [-0.39, 0.29) is 5.91 Å². The first kappa shape index (κ1) is 13.8. The molecular formula is C14H27N3O. The van der Waals surface area contributed by atoms with Crippen LogP contribution in [0.25, 0.3) is 0 Å². The number of rotatable bonds is 4. The van der Waals surface area contributed by atoms with Gasteiger partial charge in [0.25, 0.3) is 0 Å². The van der Waals surface area contributed by atoms with Gasteiger partial charge < -0.3 is 16.0 Å². The molecule has 1 aliphatic heterocycles. The minimum absolute atomic E-state index is 0.119. The topological polar surface area (TPSA) is 58.4 Å². The summed E-state index contributed by atoms with van der Waals surface area (Å²) >= 11 is 0. The third-order valence-corrected chi connectivity index (χ3v) is 4.36. The molecule has 0 aromatic carbocycles. The van der Waals surface area contributed by atoms with E-state index in [0.29, 0.717) is 19.0 Å². The molecule has 0 aromatic heterocycles. The molecule has 0 unspecified atom stereocenters. The van der Waals surface area contributed by atoms with E-state index >= 15 is 0 Å². The molecule has 4 heteroatoms.